The molecule has 8 heteroatoms. The summed E-state index contributed by atoms with van der Waals surface area (Å²) < 4.78 is 0. The number of phenolic OH excluding ortho intramolecular Hbond substituents is 1. The molecule has 1 fully saturated rings. The van der Waals surface area contributed by atoms with Crippen LogP contribution in [0.5, 0.6) is 5.75 Å². The Morgan fingerprint density at radius 2 is 1.63 bits per heavy atom. The number of amides is 1. The first-order chi connectivity index (χ1) is 19.9. The molecule has 0 heterocycles. The summed E-state index contributed by atoms with van der Waals surface area (Å²) >= 11 is 0. The number of benzene rings is 2. The molecule has 2 aromatic carbocycles. The zero-order valence-corrected chi connectivity index (χ0v) is 25.8. The molecule has 8 nitrogen and oxygen atoms in total. The zero-order chi connectivity index (χ0) is 31.9. The number of carbonyl (C=O) groups is 3. The van der Waals surface area contributed by atoms with E-state index in [-0.39, 0.29) is 35.6 Å². The van der Waals surface area contributed by atoms with Crippen LogP contribution in [0.1, 0.15) is 83.1 Å². The molecule has 1 amide bonds. The van der Waals surface area contributed by atoms with Gasteiger partial charge in [0, 0.05) is 23.0 Å². The van der Waals surface area contributed by atoms with E-state index in [1.807, 2.05) is 39.0 Å². The van der Waals surface area contributed by atoms with Gasteiger partial charge in [0.1, 0.15) is 22.8 Å². The van der Waals surface area contributed by atoms with Crippen molar-refractivity contribution in [2.24, 2.45) is 29.4 Å². The average Bonchev–Trinajstić information content (AvgIpc) is 2.90. The van der Waals surface area contributed by atoms with E-state index in [0.29, 0.717) is 17.0 Å². The monoisotopic (exact) mass is 587 g/mol. The smallest absolute Gasteiger partial charge is 0.255 e. The van der Waals surface area contributed by atoms with Crippen LogP contribution in [0, 0.1) is 23.7 Å². The van der Waals surface area contributed by atoms with E-state index in [9.17, 15) is 34.8 Å². The quantitative estimate of drug-likeness (QED) is 0.300. The van der Waals surface area contributed by atoms with Crippen molar-refractivity contribution in [1.82, 2.24) is 0 Å². The molecule has 0 saturated heterocycles. The molecular weight excluding hydrogens is 546 g/mol. The van der Waals surface area contributed by atoms with Crippen LogP contribution in [-0.2, 0) is 26.2 Å². The number of rotatable bonds is 4. The summed E-state index contributed by atoms with van der Waals surface area (Å²) in [6, 6.07) is 10.1. The van der Waals surface area contributed by atoms with Crippen molar-refractivity contribution >= 4 is 23.2 Å². The number of aromatic hydroxyl groups is 1. The summed E-state index contributed by atoms with van der Waals surface area (Å²) in [6.45, 7) is 13.5. The lowest BCUT2D eigenvalue weighted by molar-refractivity contribution is -0.155. The van der Waals surface area contributed by atoms with Crippen molar-refractivity contribution in [3.63, 3.8) is 0 Å². The van der Waals surface area contributed by atoms with E-state index in [1.165, 1.54) is 5.56 Å². The van der Waals surface area contributed by atoms with E-state index in [4.69, 9.17) is 5.73 Å². The average molecular weight is 588 g/mol. The van der Waals surface area contributed by atoms with Crippen LogP contribution in [0.2, 0.25) is 0 Å². The van der Waals surface area contributed by atoms with Gasteiger partial charge in [0.05, 0.1) is 5.56 Å². The lowest BCUT2D eigenvalue weighted by Crippen LogP contribution is -2.62. The molecule has 5 rings (SSSR count). The standard InChI is InChI=1S/C35H41NO7/c1-15(2)17-8-10-18(11-9-17)20-14-23(34(5,6)7)28(37)26-21(20)12-19-13-22-24(16(3)4)29(38)27(33(36)42)32(41)35(22,43)31(40)25(19)30(26)39/h8-11,14-16,19,22,24,37,39,41,43H,12-13H2,1-7H3,(H2,36,42)/t19-,22-,24-,35-/m0/s1. The van der Waals surface area contributed by atoms with E-state index in [0.717, 1.165) is 11.1 Å². The van der Waals surface area contributed by atoms with Crippen LogP contribution in [0.3, 0.4) is 0 Å². The number of fused-ring (bicyclic) bond motifs is 3. The summed E-state index contributed by atoms with van der Waals surface area (Å²) in [5.74, 6) is -7.30. The minimum atomic E-state index is -2.63. The molecular formula is C35H41NO7. The predicted molar refractivity (Wildman–Crippen MR) is 163 cm³/mol. The fourth-order valence-corrected chi connectivity index (χ4v) is 7.43. The Bertz CT molecular complexity index is 1620. The Kier molecular flexibility index (Phi) is 7.16. The maximum Gasteiger partial charge on any atom is 0.255 e. The van der Waals surface area contributed by atoms with E-state index >= 15 is 0 Å². The first kappa shape index (κ1) is 30.5. The maximum absolute atomic E-state index is 14.2. The normalized spacial score (nSPS) is 25.7. The van der Waals surface area contributed by atoms with Gasteiger partial charge in [-0.2, -0.15) is 0 Å². The third-order valence-corrected chi connectivity index (χ3v) is 9.67. The Balaban J connectivity index is 1.79. The number of hydrogen-bond acceptors (Lipinski definition) is 7. The molecule has 0 unspecified atom stereocenters. The van der Waals surface area contributed by atoms with Crippen LogP contribution >= 0.6 is 0 Å². The molecule has 3 aliphatic carbocycles. The molecule has 0 aromatic heterocycles. The van der Waals surface area contributed by atoms with Gasteiger partial charge in [-0.05, 0) is 64.3 Å². The van der Waals surface area contributed by atoms with Crippen molar-refractivity contribution in [3.05, 3.63) is 69.5 Å². The largest absolute Gasteiger partial charge is 0.508 e. The van der Waals surface area contributed by atoms with E-state index in [2.05, 4.69) is 26.0 Å². The molecule has 228 valence electrons. The molecule has 0 aliphatic heterocycles. The number of hydrogen-bond donors (Lipinski definition) is 5. The fourth-order valence-electron chi connectivity index (χ4n) is 7.43. The van der Waals surface area contributed by atoms with Gasteiger partial charge < -0.3 is 26.2 Å². The second-order valence-corrected chi connectivity index (χ2v) is 14.0. The Labute approximate surface area is 251 Å². The Hall–Kier alpha value is -3.91. The lowest BCUT2D eigenvalue weighted by atomic mass is 9.54. The summed E-state index contributed by atoms with van der Waals surface area (Å²) in [5.41, 5.74) is 5.57. The van der Waals surface area contributed by atoms with Crippen LogP contribution in [-0.4, -0.2) is 43.5 Å². The lowest BCUT2D eigenvalue weighted by Gasteiger charge is -2.50. The highest BCUT2D eigenvalue weighted by Crippen LogP contribution is 2.56. The number of aliphatic hydroxyl groups excluding tert-OH is 2. The number of phenols is 1. The molecule has 2 aromatic rings. The zero-order valence-electron chi connectivity index (χ0n) is 25.8. The Morgan fingerprint density at radius 3 is 2.14 bits per heavy atom. The molecule has 6 N–H and O–H groups in total. The highest BCUT2D eigenvalue weighted by atomic mass is 16.3. The number of nitrogens with two attached hydrogens (primary N) is 1. The van der Waals surface area contributed by atoms with Gasteiger partial charge in [0.15, 0.2) is 11.4 Å². The van der Waals surface area contributed by atoms with E-state index in [1.54, 1.807) is 13.8 Å². The SMILES string of the molecule is CC(C)c1ccc(-c2cc(C(C)(C)C)c(O)c3c2C[C@H]2C[C@H]4[C@H](C(C)C)C(=O)C(C(N)=O)=C(O)[C@@]4(O)C(=O)C2=C3O)cc1. The van der Waals surface area contributed by atoms with Gasteiger partial charge in [-0.25, -0.2) is 0 Å². The van der Waals surface area contributed by atoms with Crippen LogP contribution in [0.15, 0.2) is 47.2 Å². The third-order valence-electron chi connectivity index (χ3n) is 9.67. The highest BCUT2D eigenvalue weighted by molar-refractivity contribution is 6.23. The van der Waals surface area contributed by atoms with Gasteiger partial charge in [0.25, 0.3) is 5.91 Å². The molecule has 0 radical (unpaired) electrons. The van der Waals surface area contributed by atoms with Gasteiger partial charge in [-0.1, -0.05) is 72.7 Å². The van der Waals surface area contributed by atoms with Crippen molar-refractivity contribution in [2.45, 2.75) is 78.2 Å². The minimum absolute atomic E-state index is 0.0826. The number of Topliss-reactive ketones (excluding diaryl/α,β-unsaturated/α-hetero) is 2. The van der Waals surface area contributed by atoms with Gasteiger partial charge >= 0.3 is 0 Å². The molecule has 4 atom stereocenters. The van der Waals surface area contributed by atoms with Crippen LogP contribution in [0.25, 0.3) is 16.9 Å². The number of primary amides is 1. The third kappa shape index (κ3) is 4.41. The van der Waals surface area contributed by atoms with Crippen molar-refractivity contribution in [3.8, 4) is 16.9 Å². The number of aliphatic hydroxyl groups is 3. The Morgan fingerprint density at radius 1 is 1.02 bits per heavy atom. The highest BCUT2D eigenvalue weighted by Gasteiger charge is 2.64. The predicted octanol–water partition coefficient (Wildman–Crippen LogP) is 5.39. The van der Waals surface area contributed by atoms with Gasteiger partial charge in [-0.3, -0.25) is 14.4 Å². The van der Waals surface area contributed by atoms with Crippen LogP contribution < -0.4 is 5.73 Å². The molecule has 3 aliphatic rings. The second-order valence-electron chi connectivity index (χ2n) is 14.0. The summed E-state index contributed by atoms with van der Waals surface area (Å²) in [5, 5.41) is 46.4. The first-order valence-corrected chi connectivity index (χ1v) is 14.9. The van der Waals surface area contributed by atoms with Gasteiger partial charge in [0.2, 0.25) is 5.78 Å². The fraction of sp³-hybridized carbons (Fsp3) is 0.457. The van der Waals surface area contributed by atoms with Crippen molar-refractivity contribution in [2.75, 3.05) is 0 Å². The molecule has 0 bridgehead atoms. The number of carbonyl (C=O) groups excluding carboxylic acids is 3. The summed E-state index contributed by atoms with van der Waals surface area (Å²) in [7, 11) is 0. The number of ketones is 2. The molecule has 43 heavy (non-hydrogen) atoms. The molecule has 1 saturated carbocycles. The van der Waals surface area contributed by atoms with Crippen molar-refractivity contribution < 1.29 is 34.8 Å². The minimum Gasteiger partial charge on any atom is -0.508 e. The molecule has 0 spiro atoms. The summed E-state index contributed by atoms with van der Waals surface area (Å²) in [6.07, 6.45) is 0.331. The van der Waals surface area contributed by atoms with Crippen LogP contribution in [0.4, 0.5) is 0 Å². The van der Waals surface area contributed by atoms with Crippen molar-refractivity contribution in [1.29, 1.82) is 0 Å². The first-order valence-electron chi connectivity index (χ1n) is 14.9. The second kappa shape index (κ2) is 10.1. The van der Waals surface area contributed by atoms with Gasteiger partial charge in [-0.15, -0.1) is 0 Å². The topological polar surface area (TPSA) is 158 Å². The van der Waals surface area contributed by atoms with E-state index < -0.39 is 63.3 Å². The summed E-state index contributed by atoms with van der Waals surface area (Å²) in [4.78, 5) is 39.9. The maximum atomic E-state index is 14.2.